The summed E-state index contributed by atoms with van der Waals surface area (Å²) in [5.74, 6) is 5.63. The number of aliphatic hydroxyl groups excluding tert-OH is 1. The summed E-state index contributed by atoms with van der Waals surface area (Å²) in [4.78, 5) is 0.197. The monoisotopic (exact) mass is 301 g/mol. The van der Waals surface area contributed by atoms with Gasteiger partial charge in [-0.2, -0.15) is 0 Å². The van der Waals surface area contributed by atoms with Gasteiger partial charge in [-0.3, -0.25) is 4.72 Å². The van der Waals surface area contributed by atoms with Crippen molar-refractivity contribution in [1.29, 1.82) is 0 Å². The number of anilines is 1. The quantitative estimate of drug-likeness (QED) is 0.851. The van der Waals surface area contributed by atoms with Crippen molar-refractivity contribution in [2.45, 2.75) is 11.3 Å². The predicted molar refractivity (Wildman–Crippen MR) is 82.3 cm³/mol. The Labute approximate surface area is 124 Å². The second-order valence-electron chi connectivity index (χ2n) is 4.24. The highest BCUT2D eigenvalue weighted by molar-refractivity contribution is 7.92. The first-order valence-corrected chi connectivity index (χ1v) is 7.88. The second-order valence-corrected chi connectivity index (χ2v) is 5.92. The molecular weight excluding hydrogens is 286 g/mol. The molecule has 0 aliphatic carbocycles. The molecule has 0 atom stereocenters. The largest absolute Gasteiger partial charge is 0.395 e. The molecule has 21 heavy (non-hydrogen) atoms. The highest BCUT2D eigenvalue weighted by atomic mass is 32.2. The van der Waals surface area contributed by atoms with E-state index in [1.54, 1.807) is 42.5 Å². The van der Waals surface area contributed by atoms with E-state index < -0.39 is 10.0 Å². The summed E-state index contributed by atoms with van der Waals surface area (Å²) in [6.07, 6.45) is 0.347. The minimum absolute atomic E-state index is 0.0229. The molecule has 0 aromatic heterocycles. The first kappa shape index (κ1) is 15.1. The summed E-state index contributed by atoms with van der Waals surface area (Å²) in [5.41, 5.74) is 0.997. The second kappa shape index (κ2) is 6.93. The number of aliphatic hydroxyl groups is 1. The minimum atomic E-state index is -3.63. The van der Waals surface area contributed by atoms with Crippen molar-refractivity contribution in [3.8, 4) is 11.8 Å². The minimum Gasteiger partial charge on any atom is -0.395 e. The number of hydrogen-bond donors (Lipinski definition) is 2. The van der Waals surface area contributed by atoms with Crippen molar-refractivity contribution < 1.29 is 13.5 Å². The summed E-state index contributed by atoms with van der Waals surface area (Å²) >= 11 is 0. The average molecular weight is 301 g/mol. The zero-order valence-corrected chi connectivity index (χ0v) is 12.1. The Kier molecular flexibility index (Phi) is 4.99. The lowest BCUT2D eigenvalue weighted by Gasteiger charge is -2.09. The topological polar surface area (TPSA) is 66.4 Å². The Hall–Kier alpha value is -2.29. The third-order valence-electron chi connectivity index (χ3n) is 2.68. The molecule has 4 nitrogen and oxygen atoms in total. The van der Waals surface area contributed by atoms with Crippen LogP contribution in [0.25, 0.3) is 0 Å². The van der Waals surface area contributed by atoms with E-state index in [2.05, 4.69) is 16.6 Å². The first-order valence-electron chi connectivity index (χ1n) is 6.40. The van der Waals surface area contributed by atoms with Crippen LogP contribution in [0.15, 0.2) is 59.5 Å². The molecule has 0 bridgehead atoms. The van der Waals surface area contributed by atoms with Crippen LogP contribution in [0, 0.1) is 11.8 Å². The number of rotatable bonds is 4. The normalized spacial score (nSPS) is 10.5. The Bertz CT molecular complexity index is 759. The van der Waals surface area contributed by atoms with Crippen LogP contribution >= 0.6 is 0 Å². The lowest BCUT2D eigenvalue weighted by atomic mass is 10.2. The van der Waals surface area contributed by atoms with Gasteiger partial charge in [-0.05, 0) is 24.3 Å². The summed E-state index contributed by atoms with van der Waals surface area (Å²) < 4.78 is 27.1. The molecule has 2 aromatic carbocycles. The average Bonchev–Trinajstić information content (AvgIpc) is 2.50. The molecule has 0 heterocycles. The highest BCUT2D eigenvalue weighted by Gasteiger charge is 2.14. The number of para-hydroxylation sites is 1. The molecule has 0 fully saturated rings. The van der Waals surface area contributed by atoms with E-state index in [-0.39, 0.29) is 11.5 Å². The van der Waals surface area contributed by atoms with Crippen molar-refractivity contribution in [1.82, 2.24) is 0 Å². The van der Waals surface area contributed by atoms with Gasteiger partial charge in [-0.1, -0.05) is 42.2 Å². The van der Waals surface area contributed by atoms with Gasteiger partial charge in [-0.25, -0.2) is 8.42 Å². The van der Waals surface area contributed by atoms with E-state index in [1.165, 1.54) is 12.1 Å². The van der Waals surface area contributed by atoms with Gasteiger partial charge >= 0.3 is 0 Å². The lowest BCUT2D eigenvalue weighted by Crippen LogP contribution is -2.13. The number of benzene rings is 2. The summed E-state index contributed by atoms with van der Waals surface area (Å²) in [6.45, 7) is -0.0229. The predicted octanol–water partition coefficient (Wildman–Crippen LogP) is 2.22. The van der Waals surface area contributed by atoms with Gasteiger partial charge in [-0.15, -0.1) is 0 Å². The SMILES string of the molecule is O=S(=O)(Nc1ccccc1C#CCCO)c1ccccc1. The Morgan fingerprint density at radius 2 is 1.67 bits per heavy atom. The Morgan fingerprint density at radius 3 is 2.38 bits per heavy atom. The Balaban J connectivity index is 2.30. The van der Waals surface area contributed by atoms with Crippen LogP contribution in [-0.4, -0.2) is 20.1 Å². The molecule has 0 aliphatic rings. The van der Waals surface area contributed by atoms with E-state index in [9.17, 15) is 8.42 Å². The van der Waals surface area contributed by atoms with Gasteiger partial charge in [0.15, 0.2) is 0 Å². The third-order valence-corrected chi connectivity index (χ3v) is 4.07. The molecule has 0 saturated heterocycles. The highest BCUT2D eigenvalue weighted by Crippen LogP contribution is 2.19. The molecule has 0 saturated carbocycles. The van der Waals surface area contributed by atoms with E-state index in [0.717, 1.165) is 0 Å². The van der Waals surface area contributed by atoms with Crippen molar-refractivity contribution in [2.75, 3.05) is 11.3 Å². The molecule has 108 valence electrons. The van der Waals surface area contributed by atoms with Crippen molar-refractivity contribution in [3.05, 3.63) is 60.2 Å². The smallest absolute Gasteiger partial charge is 0.261 e. The van der Waals surface area contributed by atoms with Gasteiger partial charge < -0.3 is 5.11 Å². The standard InChI is InChI=1S/C16H15NO3S/c18-13-7-6-9-14-8-4-5-12-16(14)17-21(19,20)15-10-2-1-3-11-15/h1-5,8,10-12,17-18H,7,13H2. The van der Waals surface area contributed by atoms with Gasteiger partial charge in [0.25, 0.3) is 10.0 Å². The van der Waals surface area contributed by atoms with Gasteiger partial charge in [0.2, 0.25) is 0 Å². The van der Waals surface area contributed by atoms with Gasteiger partial charge in [0.05, 0.1) is 17.2 Å². The van der Waals surface area contributed by atoms with E-state index >= 15 is 0 Å². The van der Waals surface area contributed by atoms with Gasteiger partial charge in [0.1, 0.15) is 0 Å². The van der Waals surface area contributed by atoms with E-state index in [4.69, 9.17) is 5.11 Å². The van der Waals surface area contributed by atoms with Crippen LogP contribution in [0.1, 0.15) is 12.0 Å². The number of nitrogens with one attached hydrogen (secondary N) is 1. The van der Waals surface area contributed by atoms with Crippen LogP contribution in [0.4, 0.5) is 5.69 Å². The number of hydrogen-bond acceptors (Lipinski definition) is 3. The maximum absolute atomic E-state index is 12.3. The maximum atomic E-state index is 12.3. The zero-order chi connectivity index (χ0) is 15.1. The van der Waals surface area contributed by atoms with E-state index in [0.29, 0.717) is 17.7 Å². The van der Waals surface area contributed by atoms with Crippen LogP contribution < -0.4 is 4.72 Å². The fourth-order valence-electron chi connectivity index (χ4n) is 1.70. The molecule has 0 unspecified atom stereocenters. The van der Waals surface area contributed by atoms with Crippen molar-refractivity contribution in [2.24, 2.45) is 0 Å². The van der Waals surface area contributed by atoms with Gasteiger partial charge in [0, 0.05) is 12.0 Å². The van der Waals surface area contributed by atoms with Crippen LogP contribution in [0.3, 0.4) is 0 Å². The molecule has 0 aliphatic heterocycles. The fraction of sp³-hybridized carbons (Fsp3) is 0.125. The molecule has 0 amide bonds. The molecule has 2 N–H and O–H groups in total. The van der Waals surface area contributed by atoms with Crippen LogP contribution in [-0.2, 0) is 10.0 Å². The summed E-state index contributed by atoms with van der Waals surface area (Å²) in [7, 11) is -3.63. The molecule has 0 radical (unpaired) electrons. The van der Waals surface area contributed by atoms with Crippen molar-refractivity contribution >= 4 is 15.7 Å². The molecule has 2 aromatic rings. The first-order chi connectivity index (χ1) is 10.1. The number of sulfonamides is 1. The summed E-state index contributed by atoms with van der Waals surface area (Å²) in [5, 5.41) is 8.73. The van der Waals surface area contributed by atoms with Crippen LogP contribution in [0.5, 0.6) is 0 Å². The molecule has 5 heteroatoms. The molecular formula is C16H15NO3S. The van der Waals surface area contributed by atoms with Crippen molar-refractivity contribution in [3.63, 3.8) is 0 Å². The molecule has 2 rings (SSSR count). The summed E-state index contributed by atoms with van der Waals surface area (Å²) in [6, 6.07) is 15.1. The van der Waals surface area contributed by atoms with Crippen LogP contribution in [0.2, 0.25) is 0 Å². The maximum Gasteiger partial charge on any atom is 0.261 e. The Morgan fingerprint density at radius 1 is 1.00 bits per heavy atom. The van der Waals surface area contributed by atoms with E-state index in [1.807, 2.05) is 0 Å². The fourth-order valence-corrected chi connectivity index (χ4v) is 2.80. The zero-order valence-electron chi connectivity index (χ0n) is 11.3. The molecule has 0 spiro atoms. The third kappa shape index (κ3) is 4.09. The lowest BCUT2D eigenvalue weighted by molar-refractivity contribution is 0.305.